The lowest BCUT2D eigenvalue weighted by Crippen LogP contribution is -2.30. The molecule has 4 aromatic carbocycles. The molecule has 0 fully saturated rings. The molecule has 0 bridgehead atoms. The van der Waals surface area contributed by atoms with Crippen LogP contribution >= 0.6 is 17.2 Å². The highest BCUT2D eigenvalue weighted by Gasteiger charge is 2.45. The molecule has 1 aliphatic carbocycles. The first-order chi connectivity index (χ1) is 23.4. The largest absolute Gasteiger partial charge is 0.251 e. The molecule has 1 aliphatic rings. The second kappa shape index (κ2) is 13.1. The first kappa shape index (κ1) is 33.5. The number of hydrogen-bond acceptors (Lipinski definition) is 2. The quantitative estimate of drug-likeness (QED) is 0.157. The molecule has 0 spiro atoms. The summed E-state index contributed by atoms with van der Waals surface area (Å²) in [5.41, 5.74) is 10.6. The maximum atomic E-state index is 5.44. The normalized spacial score (nSPS) is 15.8. The molecule has 2 heterocycles. The average Bonchev–Trinajstić information content (AvgIpc) is 3.49. The smallest absolute Gasteiger partial charge is 0.0933 e. The van der Waals surface area contributed by atoms with Crippen molar-refractivity contribution in [2.45, 2.75) is 62.9 Å². The third-order valence-electron chi connectivity index (χ3n) is 9.92. The number of nitrogens with zero attached hydrogens (tertiary/aromatic N) is 2. The fourth-order valence-electron chi connectivity index (χ4n) is 7.75. The highest BCUT2D eigenvalue weighted by Crippen LogP contribution is 2.64. The molecular weight excluding hydrogens is 630 g/mol. The van der Waals surface area contributed by atoms with E-state index in [1.165, 1.54) is 27.8 Å². The van der Waals surface area contributed by atoms with Gasteiger partial charge in [-0.25, -0.2) is 0 Å². The summed E-state index contributed by atoms with van der Waals surface area (Å²) in [5, 5.41) is 1.86. The second-order valence-corrected chi connectivity index (χ2v) is 20.0. The van der Waals surface area contributed by atoms with Crippen LogP contribution in [0.15, 0.2) is 151 Å². The molecule has 7 rings (SSSR count). The Balaban J connectivity index is 1.59. The van der Waals surface area contributed by atoms with Crippen molar-refractivity contribution in [3.8, 4) is 0 Å². The monoisotopic (exact) mass is 676 g/mol. The predicted octanol–water partition coefficient (Wildman–Crippen LogP) is 12.2. The predicted molar refractivity (Wildman–Crippen MR) is 216 cm³/mol. The van der Waals surface area contributed by atoms with Gasteiger partial charge in [-0.3, -0.25) is 9.97 Å². The first-order valence-corrected chi connectivity index (χ1v) is 19.4. The average molecular weight is 677 g/mol. The molecule has 2 atom stereocenters. The van der Waals surface area contributed by atoms with Crippen LogP contribution in [0.5, 0.6) is 0 Å². The minimum absolute atomic E-state index is 0.106. The Kier molecular flexibility index (Phi) is 8.94. The summed E-state index contributed by atoms with van der Waals surface area (Å²) in [4.78, 5) is 10.9. The maximum Gasteiger partial charge on any atom is 0.0933 e. The van der Waals surface area contributed by atoms with Gasteiger partial charge in [-0.15, -0.1) is 9.24 Å². The minimum Gasteiger partial charge on any atom is -0.251 e. The van der Waals surface area contributed by atoms with E-state index < -0.39 is 13.1 Å². The van der Waals surface area contributed by atoms with Crippen molar-refractivity contribution in [3.05, 3.63) is 173 Å². The number of allylic oxidation sites excluding steroid dienone is 4. The fraction of sp³-hybridized carbons (Fsp3) is 0.244. The van der Waals surface area contributed by atoms with Crippen molar-refractivity contribution in [1.82, 2.24) is 9.97 Å². The molecule has 0 saturated heterocycles. The summed E-state index contributed by atoms with van der Waals surface area (Å²) < 4.78 is 0. The van der Waals surface area contributed by atoms with Gasteiger partial charge in [0.25, 0.3) is 0 Å². The molecule has 0 radical (unpaired) electrons. The number of para-hydroxylation sites is 2. The molecule has 4 heteroatoms. The molecule has 0 N–H and O–H groups in total. The van der Waals surface area contributed by atoms with Crippen LogP contribution in [0.4, 0.5) is 0 Å². The van der Waals surface area contributed by atoms with Crippen LogP contribution in [0.25, 0.3) is 27.4 Å². The standard InChI is InChI=1S/C45H46N2P2/c1-43(2,3)49(44(4,5)6)30-36-37(29-35(31-17-9-7-10-18-31)42(36)34-21-11-8-12-22-34)45(48,40-27-25-32-19-13-15-23-38(32)46-40)41-28-26-33-20-14-16-24-39(33)47-41/h7-29,42H,30,48H2,1-6H3. The van der Waals surface area contributed by atoms with Crippen molar-refractivity contribution in [2.24, 2.45) is 0 Å². The van der Waals surface area contributed by atoms with Crippen LogP contribution in [0, 0.1) is 0 Å². The van der Waals surface area contributed by atoms with Crippen LogP contribution in [-0.4, -0.2) is 26.4 Å². The summed E-state index contributed by atoms with van der Waals surface area (Å²) in [6.45, 7) is 14.6. The van der Waals surface area contributed by atoms with E-state index in [1.807, 2.05) is 0 Å². The van der Waals surface area contributed by atoms with E-state index in [-0.39, 0.29) is 16.2 Å². The molecule has 2 unspecified atom stereocenters. The summed E-state index contributed by atoms with van der Waals surface area (Å²) >= 11 is 0. The Morgan fingerprint density at radius 3 is 1.55 bits per heavy atom. The lowest BCUT2D eigenvalue weighted by atomic mass is 9.83. The lowest BCUT2D eigenvalue weighted by Gasteiger charge is -2.43. The number of rotatable bonds is 7. The van der Waals surface area contributed by atoms with Gasteiger partial charge in [0.15, 0.2) is 0 Å². The molecule has 0 saturated carbocycles. The zero-order chi connectivity index (χ0) is 34.4. The van der Waals surface area contributed by atoms with Gasteiger partial charge >= 0.3 is 0 Å². The topological polar surface area (TPSA) is 25.8 Å². The summed E-state index contributed by atoms with van der Waals surface area (Å²) in [6.07, 6.45) is 3.52. The van der Waals surface area contributed by atoms with Crippen molar-refractivity contribution in [3.63, 3.8) is 0 Å². The summed E-state index contributed by atoms with van der Waals surface area (Å²) in [7, 11) is 2.86. The maximum absolute atomic E-state index is 5.44. The Bertz CT molecular complexity index is 2090. The van der Waals surface area contributed by atoms with Crippen molar-refractivity contribution < 1.29 is 0 Å². The molecule has 6 aromatic rings. The molecule has 0 aliphatic heterocycles. The summed E-state index contributed by atoms with van der Waals surface area (Å²) in [5.74, 6) is 0.106. The van der Waals surface area contributed by atoms with E-state index in [4.69, 9.17) is 9.97 Å². The third-order valence-corrected chi connectivity index (χ3v) is 14.7. The number of pyridine rings is 2. The van der Waals surface area contributed by atoms with Gasteiger partial charge in [0.1, 0.15) is 0 Å². The highest BCUT2D eigenvalue weighted by molar-refractivity contribution is 7.61. The fourth-order valence-corrected chi connectivity index (χ4v) is 12.0. The van der Waals surface area contributed by atoms with Gasteiger partial charge in [-0.05, 0) is 68.6 Å². The Hall–Kier alpha value is -3.96. The van der Waals surface area contributed by atoms with Gasteiger partial charge in [-0.2, -0.15) is 0 Å². The Labute approximate surface area is 295 Å². The minimum atomic E-state index is -0.705. The summed E-state index contributed by atoms with van der Waals surface area (Å²) in [6, 6.07) is 47.9. The number of hydrogen-bond donors (Lipinski definition) is 0. The van der Waals surface area contributed by atoms with Crippen molar-refractivity contribution in [2.75, 3.05) is 6.16 Å². The second-order valence-electron chi connectivity index (χ2n) is 15.3. The van der Waals surface area contributed by atoms with Crippen LogP contribution < -0.4 is 0 Å². The van der Waals surface area contributed by atoms with Gasteiger partial charge in [0.2, 0.25) is 0 Å². The molecular formula is C45H46N2P2. The van der Waals surface area contributed by atoms with E-state index in [1.54, 1.807) is 0 Å². The SMILES string of the molecule is CC(C)(C)P(CC1=C(C(P)(c2ccc3ccccc3n2)c2ccc3ccccc3n2)C=C(c2ccccc2)C1c1ccccc1)C(C)(C)C. The molecule has 2 nitrogen and oxygen atoms in total. The lowest BCUT2D eigenvalue weighted by molar-refractivity contribution is 0.703. The van der Waals surface area contributed by atoms with E-state index >= 15 is 0 Å². The number of aromatic nitrogens is 2. The van der Waals surface area contributed by atoms with Crippen molar-refractivity contribution >= 4 is 44.5 Å². The Morgan fingerprint density at radius 1 is 0.571 bits per heavy atom. The van der Waals surface area contributed by atoms with E-state index in [0.29, 0.717) is 0 Å². The van der Waals surface area contributed by atoms with Crippen LogP contribution in [0.2, 0.25) is 0 Å². The zero-order valence-corrected chi connectivity index (χ0v) is 31.5. The van der Waals surface area contributed by atoms with E-state index in [9.17, 15) is 0 Å². The van der Waals surface area contributed by atoms with Crippen LogP contribution in [0.1, 0.15) is 70.0 Å². The van der Waals surface area contributed by atoms with Gasteiger partial charge in [-0.1, -0.05) is 165 Å². The van der Waals surface area contributed by atoms with Crippen LogP contribution in [0.3, 0.4) is 0 Å². The van der Waals surface area contributed by atoms with Gasteiger partial charge < -0.3 is 0 Å². The zero-order valence-electron chi connectivity index (χ0n) is 29.5. The van der Waals surface area contributed by atoms with Gasteiger partial charge in [0, 0.05) is 16.7 Å². The van der Waals surface area contributed by atoms with Gasteiger partial charge in [0.05, 0.1) is 27.6 Å². The first-order valence-electron chi connectivity index (χ1n) is 17.3. The van der Waals surface area contributed by atoms with Crippen molar-refractivity contribution in [1.29, 1.82) is 0 Å². The Morgan fingerprint density at radius 2 is 1.04 bits per heavy atom. The molecule has 49 heavy (non-hydrogen) atoms. The molecule has 2 aromatic heterocycles. The molecule has 0 amide bonds. The highest BCUT2D eigenvalue weighted by atomic mass is 31.1. The van der Waals surface area contributed by atoms with Crippen LogP contribution in [-0.2, 0) is 5.16 Å². The number of fused-ring (bicyclic) bond motifs is 2. The van der Waals surface area contributed by atoms with E-state index in [2.05, 4.69) is 190 Å². The number of benzene rings is 4. The third kappa shape index (κ3) is 6.43. The van der Waals surface area contributed by atoms with E-state index in [0.717, 1.165) is 39.4 Å². The molecule has 246 valence electrons.